The second kappa shape index (κ2) is 6.53. The standard InChI is InChI=1S/C18H17BrN2O2S/c1-9-5-6-10(2)13(7-9)14-8-24-18(20-14)21-17(22)15-11(3)23-12(4)16(15)19/h5-8H,1-4H3,(H,20,21,22). The minimum atomic E-state index is -0.224. The van der Waals surface area contributed by atoms with E-state index in [1.807, 2.05) is 12.3 Å². The molecule has 0 spiro atoms. The highest BCUT2D eigenvalue weighted by Crippen LogP contribution is 2.31. The Kier molecular flexibility index (Phi) is 4.60. The fourth-order valence-corrected chi connectivity index (χ4v) is 3.79. The van der Waals surface area contributed by atoms with Crippen molar-refractivity contribution in [1.82, 2.24) is 4.98 Å². The van der Waals surface area contributed by atoms with E-state index < -0.39 is 0 Å². The average molecular weight is 405 g/mol. The van der Waals surface area contributed by atoms with Gasteiger partial charge in [-0.15, -0.1) is 11.3 Å². The number of thiazole rings is 1. The van der Waals surface area contributed by atoms with Crippen molar-refractivity contribution < 1.29 is 9.21 Å². The molecule has 0 atom stereocenters. The van der Waals surface area contributed by atoms with Gasteiger partial charge in [0.1, 0.15) is 11.5 Å². The van der Waals surface area contributed by atoms with Crippen molar-refractivity contribution in [3.05, 3.63) is 56.3 Å². The second-order valence-electron chi connectivity index (χ2n) is 5.71. The Morgan fingerprint density at radius 3 is 2.62 bits per heavy atom. The van der Waals surface area contributed by atoms with Crippen LogP contribution in [0.4, 0.5) is 5.13 Å². The van der Waals surface area contributed by atoms with E-state index in [0.717, 1.165) is 16.8 Å². The molecule has 2 aromatic heterocycles. The topological polar surface area (TPSA) is 55.1 Å². The molecule has 24 heavy (non-hydrogen) atoms. The van der Waals surface area contributed by atoms with Crippen molar-refractivity contribution in [3.8, 4) is 11.3 Å². The Labute approximate surface area is 153 Å². The zero-order valence-electron chi connectivity index (χ0n) is 13.9. The van der Waals surface area contributed by atoms with Gasteiger partial charge in [-0.1, -0.05) is 17.7 Å². The molecule has 0 aliphatic carbocycles. The normalized spacial score (nSPS) is 10.9. The maximum absolute atomic E-state index is 12.5. The van der Waals surface area contributed by atoms with E-state index in [9.17, 15) is 4.79 Å². The fourth-order valence-electron chi connectivity index (χ4n) is 2.54. The molecule has 1 aromatic carbocycles. The van der Waals surface area contributed by atoms with Crippen LogP contribution in [0.5, 0.6) is 0 Å². The van der Waals surface area contributed by atoms with E-state index in [1.54, 1.807) is 6.92 Å². The minimum Gasteiger partial charge on any atom is -0.465 e. The summed E-state index contributed by atoms with van der Waals surface area (Å²) in [6.45, 7) is 7.70. The van der Waals surface area contributed by atoms with Gasteiger partial charge in [0, 0.05) is 10.9 Å². The Morgan fingerprint density at radius 1 is 1.21 bits per heavy atom. The molecule has 2 heterocycles. The van der Waals surface area contributed by atoms with Crippen molar-refractivity contribution in [2.45, 2.75) is 27.7 Å². The van der Waals surface area contributed by atoms with Crippen LogP contribution in [0.25, 0.3) is 11.3 Å². The first-order valence-electron chi connectivity index (χ1n) is 7.47. The number of aromatic nitrogens is 1. The third-order valence-corrected chi connectivity index (χ3v) is 5.52. The molecule has 0 unspecified atom stereocenters. The molecule has 0 aliphatic heterocycles. The van der Waals surface area contributed by atoms with Gasteiger partial charge in [0.05, 0.1) is 15.7 Å². The number of nitrogens with zero attached hydrogens (tertiary/aromatic N) is 1. The van der Waals surface area contributed by atoms with Crippen LogP contribution in [0.2, 0.25) is 0 Å². The monoisotopic (exact) mass is 404 g/mol. The van der Waals surface area contributed by atoms with Crippen molar-refractivity contribution in [2.75, 3.05) is 5.32 Å². The zero-order valence-corrected chi connectivity index (χ0v) is 16.3. The summed E-state index contributed by atoms with van der Waals surface area (Å²) >= 11 is 4.81. The predicted octanol–water partition coefficient (Wildman–Crippen LogP) is 5.65. The molecule has 3 rings (SSSR count). The predicted molar refractivity (Wildman–Crippen MR) is 101 cm³/mol. The Balaban J connectivity index is 1.86. The molecule has 3 aromatic rings. The van der Waals surface area contributed by atoms with E-state index in [2.05, 4.69) is 58.3 Å². The summed E-state index contributed by atoms with van der Waals surface area (Å²) in [6, 6.07) is 6.27. The number of carbonyl (C=O) groups is 1. The van der Waals surface area contributed by atoms with Crippen LogP contribution in [-0.2, 0) is 0 Å². The van der Waals surface area contributed by atoms with Crippen LogP contribution in [0.15, 0.2) is 32.5 Å². The van der Waals surface area contributed by atoms with Gasteiger partial charge in [-0.05, 0) is 55.3 Å². The van der Waals surface area contributed by atoms with Crippen LogP contribution >= 0.6 is 27.3 Å². The summed E-state index contributed by atoms with van der Waals surface area (Å²) < 4.78 is 6.17. The Hall–Kier alpha value is -1.92. The summed E-state index contributed by atoms with van der Waals surface area (Å²) in [5, 5.41) is 5.38. The van der Waals surface area contributed by atoms with Crippen molar-refractivity contribution in [1.29, 1.82) is 0 Å². The molecular formula is C18H17BrN2O2S. The summed E-state index contributed by atoms with van der Waals surface area (Å²) in [5.74, 6) is 1.05. The Bertz CT molecular complexity index is 927. The lowest BCUT2D eigenvalue weighted by Gasteiger charge is -2.04. The van der Waals surface area contributed by atoms with Gasteiger partial charge in [0.2, 0.25) is 0 Å². The molecule has 4 nitrogen and oxygen atoms in total. The van der Waals surface area contributed by atoms with Gasteiger partial charge in [0.25, 0.3) is 5.91 Å². The molecule has 124 valence electrons. The van der Waals surface area contributed by atoms with Gasteiger partial charge in [0.15, 0.2) is 5.13 Å². The van der Waals surface area contributed by atoms with Gasteiger partial charge in [-0.25, -0.2) is 4.98 Å². The van der Waals surface area contributed by atoms with Crippen LogP contribution in [-0.4, -0.2) is 10.9 Å². The third kappa shape index (κ3) is 3.16. The number of carbonyl (C=O) groups excluding carboxylic acids is 1. The maximum atomic E-state index is 12.5. The summed E-state index contributed by atoms with van der Waals surface area (Å²) in [5.41, 5.74) is 4.81. The zero-order chi connectivity index (χ0) is 17.4. The quantitative estimate of drug-likeness (QED) is 0.613. The number of furan rings is 1. The molecular weight excluding hydrogens is 388 g/mol. The number of benzene rings is 1. The average Bonchev–Trinajstić information content (AvgIpc) is 3.07. The number of hydrogen-bond donors (Lipinski definition) is 1. The third-order valence-electron chi connectivity index (χ3n) is 3.81. The van der Waals surface area contributed by atoms with E-state index in [4.69, 9.17) is 4.42 Å². The molecule has 1 amide bonds. The number of aryl methyl sites for hydroxylation is 4. The van der Waals surface area contributed by atoms with Gasteiger partial charge < -0.3 is 4.42 Å². The van der Waals surface area contributed by atoms with E-state index in [1.165, 1.54) is 16.9 Å². The van der Waals surface area contributed by atoms with E-state index >= 15 is 0 Å². The molecule has 0 bridgehead atoms. The van der Waals surface area contributed by atoms with Crippen LogP contribution in [0.1, 0.15) is 33.0 Å². The molecule has 0 fully saturated rings. The highest BCUT2D eigenvalue weighted by molar-refractivity contribution is 9.10. The lowest BCUT2D eigenvalue weighted by atomic mass is 10.0. The fraction of sp³-hybridized carbons (Fsp3) is 0.222. The van der Waals surface area contributed by atoms with Gasteiger partial charge in [-0.3, -0.25) is 10.1 Å². The number of amides is 1. The summed E-state index contributed by atoms with van der Waals surface area (Å²) in [4.78, 5) is 17.1. The number of hydrogen-bond acceptors (Lipinski definition) is 4. The SMILES string of the molecule is Cc1ccc(C)c(-c2csc(NC(=O)c3c(C)oc(C)c3Br)n2)c1. The highest BCUT2D eigenvalue weighted by atomic mass is 79.9. The first kappa shape index (κ1) is 16.9. The number of nitrogens with one attached hydrogen (secondary N) is 1. The van der Waals surface area contributed by atoms with Gasteiger partial charge >= 0.3 is 0 Å². The van der Waals surface area contributed by atoms with E-state index in [-0.39, 0.29) is 5.91 Å². The van der Waals surface area contributed by atoms with Crippen LogP contribution < -0.4 is 5.32 Å². The molecule has 0 saturated carbocycles. The van der Waals surface area contributed by atoms with Crippen LogP contribution in [0.3, 0.4) is 0 Å². The number of anilines is 1. The molecule has 1 N–H and O–H groups in total. The first-order chi connectivity index (χ1) is 11.4. The molecule has 0 saturated heterocycles. The number of halogens is 1. The minimum absolute atomic E-state index is 0.224. The lowest BCUT2D eigenvalue weighted by molar-refractivity contribution is 0.102. The smallest absolute Gasteiger partial charge is 0.262 e. The largest absolute Gasteiger partial charge is 0.465 e. The molecule has 0 radical (unpaired) electrons. The maximum Gasteiger partial charge on any atom is 0.262 e. The number of rotatable bonds is 3. The summed E-state index contributed by atoms with van der Waals surface area (Å²) in [7, 11) is 0. The first-order valence-corrected chi connectivity index (χ1v) is 9.14. The molecule has 6 heteroatoms. The summed E-state index contributed by atoms with van der Waals surface area (Å²) in [6.07, 6.45) is 0. The van der Waals surface area contributed by atoms with Crippen LogP contribution in [0, 0.1) is 27.7 Å². The molecule has 0 aliphatic rings. The van der Waals surface area contributed by atoms with Crippen molar-refractivity contribution in [2.24, 2.45) is 0 Å². The highest BCUT2D eigenvalue weighted by Gasteiger charge is 2.21. The van der Waals surface area contributed by atoms with Crippen molar-refractivity contribution in [3.63, 3.8) is 0 Å². The second-order valence-corrected chi connectivity index (χ2v) is 7.36. The van der Waals surface area contributed by atoms with Gasteiger partial charge in [-0.2, -0.15) is 0 Å². The van der Waals surface area contributed by atoms with E-state index in [0.29, 0.717) is 26.7 Å². The van der Waals surface area contributed by atoms with Crippen molar-refractivity contribution >= 4 is 38.3 Å². The Morgan fingerprint density at radius 2 is 1.96 bits per heavy atom. The lowest BCUT2D eigenvalue weighted by Crippen LogP contribution is -2.12.